The topological polar surface area (TPSA) is 63.3 Å². The molecule has 1 aliphatic rings. The molecule has 1 saturated carbocycles. The number of hydrogen-bond acceptors (Lipinski definition) is 2. The van der Waals surface area contributed by atoms with Crippen LogP contribution in [0, 0.1) is 17.8 Å². The molecule has 3 N–H and O–H groups in total. The van der Waals surface area contributed by atoms with Crippen molar-refractivity contribution in [3.8, 4) is 0 Å². The van der Waals surface area contributed by atoms with E-state index in [2.05, 4.69) is 13.8 Å². The summed E-state index contributed by atoms with van der Waals surface area (Å²) in [5.74, 6) is 1.27. The van der Waals surface area contributed by atoms with Crippen LogP contribution in [0.1, 0.15) is 46.0 Å². The van der Waals surface area contributed by atoms with Crippen molar-refractivity contribution in [3.05, 3.63) is 0 Å². The summed E-state index contributed by atoms with van der Waals surface area (Å²) in [7, 11) is 0. The maximum Gasteiger partial charge on any atom is 0.320 e. The first-order valence-corrected chi connectivity index (χ1v) is 5.99. The summed E-state index contributed by atoms with van der Waals surface area (Å²) in [5, 5.41) is 8.73. The van der Waals surface area contributed by atoms with Gasteiger partial charge in [-0.2, -0.15) is 0 Å². The number of hydrogen-bond donors (Lipinski definition) is 2. The van der Waals surface area contributed by atoms with Crippen molar-refractivity contribution in [2.24, 2.45) is 23.5 Å². The highest BCUT2D eigenvalue weighted by Crippen LogP contribution is 2.34. The lowest BCUT2D eigenvalue weighted by molar-refractivity contribution is -0.139. The minimum Gasteiger partial charge on any atom is -0.480 e. The van der Waals surface area contributed by atoms with Crippen molar-refractivity contribution in [2.75, 3.05) is 0 Å². The highest BCUT2D eigenvalue weighted by Gasteiger charge is 2.25. The molecule has 0 spiro atoms. The van der Waals surface area contributed by atoms with Gasteiger partial charge in [0.1, 0.15) is 6.04 Å². The first kappa shape index (κ1) is 12.5. The highest BCUT2D eigenvalue weighted by atomic mass is 16.4. The van der Waals surface area contributed by atoms with E-state index >= 15 is 0 Å². The van der Waals surface area contributed by atoms with Gasteiger partial charge in [-0.15, -0.1) is 0 Å². The van der Waals surface area contributed by atoms with Gasteiger partial charge in [0, 0.05) is 0 Å². The first-order valence-electron chi connectivity index (χ1n) is 5.99. The Morgan fingerprint density at radius 1 is 1.33 bits per heavy atom. The van der Waals surface area contributed by atoms with Crippen LogP contribution in [0.5, 0.6) is 0 Å². The van der Waals surface area contributed by atoms with Gasteiger partial charge in [0.2, 0.25) is 0 Å². The van der Waals surface area contributed by atoms with Crippen molar-refractivity contribution in [1.82, 2.24) is 0 Å². The SMILES string of the molecule is CC(C)C1CCC(C[C@@H](N)C(=O)O)CC1. The molecule has 0 aromatic carbocycles. The average Bonchev–Trinajstić information content (AvgIpc) is 2.18. The second-order valence-corrected chi connectivity index (χ2v) is 5.21. The van der Waals surface area contributed by atoms with Gasteiger partial charge in [-0.05, 0) is 37.0 Å². The highest BCUT2D eigenvalue weighted by molar-refractivity contribution is 5.73. The molecule has 15 heavy (non-hydrogen) atoms. The third-order valence-electron chi connectivity index (χ3n) is 3.74. The van der Waals surface area contributed by atoms with E-state index in [1.807, 2.05) is 0 Å². The summed E-state index contributed by atoms with van der Waals surface area (Å²) in [6.45, 7) is 4.54. The molecule has 0 radical (unpaired) electrons. The normalized spacial score (nSPS) is 29.1. The Kier molecular flexibility index (Phi) is 4.58. The van der Waals surface area contributed by atoms with E-state index in [9.17, 15) is 4.79 Å². The lowest BCUT2D eigenvalue weighted by Gasteiger charge is -2.31. The van der Waals surface area contributed by atoms with Gasteiger partial charge in [0.25, 0.3) is 0 Å². The third-order valence-corrected chi connectivity index (χ3v) is 3.74. The largest absolute Gasteiger partial charge is 0.480 e. The number of carboxylic acid groups (broad SMARTS) is 1. The smallest absolute Gasteiger partial charge is 0.320 e. The summed E-state index contributed by atoms with van der Waals surface area (Å²) in [5.41, 5.74) is 5.54. The molecule has 0 amide bonds. The van der Waals surface area contributed by atoms with Crippen LogP contribution >= 0.6 is 0 Å². The van der Waals surface area contributed by atoms with Crippen LogP contribution in [-0.4, -0.2) is 17.1 Å². The summed E-state index contributed by atoms with van der Waals surface area (Å²) < 4.78 is 0. The van der Waals surface area contributed by atoms with Gasteiger partial charge < -0.3 is 10.8 Å². The molecule has 1 aliphatic carbocycles. The fraction of sp³-hybridized carbons (Fsp3) is 0.917. The molecule has 0 aromatic heterocycles. The molecule has 0 aromatic rings. The quantitative estimate of drug-likeness (QED) is 0.753. The summed E-state index contributed by atoms with van der Waals surface area (Å²) in [6, 6.07) is -0.661. The van der Waals surface area contributed by atoms with Crippen LogP contribution in [-0.2, 0) is 4.79 Å². The molecule has 0 aliphatic heterocycles. The minimum absolute atomic E-state index is 0.533. The Labute approximate surface area is 92.0 Å². The Morgan fingerprint density at radius 3 is 2.27 bits per heavy atom. The van der Waals surface area contributed by atoms with Crippen LogP contribution in [0.4, 0.5) is 0 Å². The molecule has 3 nitrogen and oxygen atoms in total. The van der Waals surface area contributed by atoms with E-state index in [1.165, 1.54) is 12.8 Å². The number of aliphatic carboxylic acids is 1. The van der Waals surface area contributed by atoms with Crippen molar-refractivity contribution < 1.29 is 9.90 Å². The van der Waals surface area contributed by atoms with Gasteiger partial charge in [0.15, 0.2) is 0 Å². The Bertz CT molecular complexity index is 208. The minimum atomic E-state index is -0.860. The predicted molar refractivity (Wildman–Crippen MR) is 60.5 cm³/mol. The second kappa shape index (κ2) is 5.50. The van der Waals surface area contributed by atoms with E-state index in [4.69, 9.17) is 10.8 Å². The molecular weight excluding hydrogens is 190 g/mol. The Balaban J connectivity index is 2.28. The standard InChI is InChI=1S/C12H23NO2/c1-8(2)10-5-3-9(4-6-10)7-11(13)12(14)15/h8-11H,3-7,13H2,1-2H3,(H,14,15)/t9?,10?,11-/m1/s1. The molecule has 0 bridgehead atoms. The summed E-state index contributed by atoms with van der Waals surface area (Å²) in [6.07, 6.45) is 5.46. The molecule has 88 valence electrons. The van der Waals surface area contributed by atoms with Crippen LogP contribution < -0.4 is 5.73 Å². The molecular formula is C12H23NO2. The molecule has 1 rings (SSSR count). The maximum atomic E-state index is 10.6. The summed E-state index contributed by atoms with van der Waals surface area (Å²) >= 11 is 0. The number of carboxylic acids is 1. The monoisotopic (exact) mass is 213 g/mol. The molecule has 3 heteroatoms. The zero-order valence-electron chi connectivity index (χ0n) is 9.78. The lowest BCUT2D eigenvalue weighted by Crippen LogP contribution is -2.33. The summed E-state index contributed by atoms with van der Waals surface area (Å²) in [4.78, 5) is 10.6. The van der Waals surface area contributed by atoms with Crippen LogP contribution in [0.25, 0.3) is 0 Å². The number of carbonyl (C=O) groups is 1. The van der Waals surface area contributed by atoms with E-state index in [0.717, 1.165) is 24.7 Å². The van der Waals surface area contributed by atoms with Gasteiger partial charge in [-0.3, -0.25) is 4.79 Å². The molecule has 1 atom stereocenters. The van der Waals surface area contributed by atoms with E-state index in [1.54, 1.807) is 0 Å². The lowest BCUT2D eigenvalue weighted by atomic mass is 9.75. The fourth-order valence-electron chi connectivity index (χ4n) is 2.55. The first-order chi connectivity index (χ1) is 7.00. The molecule has 0 saturated heterocycles. The Morgan fingerprint density at radius 2 is 1.87 bits per heavy atom. The van der Waals surface area contributed by atoms with E-state index in [-0.39, 0.29) is 0 Å². The van der Waals surface area contributed by atoms with Gasteiger partial charge >= 0.3 is 5.97 Å². The van der Waals surface area contributed by atoms with E-state index < -0.39 is 12.0 Å². The van der Waals surface area contributed by atoms with Crippen molar-refractivity contribution in [2.45, 2.75) is 52.0 Å². The van der Waals surface area contributed by atoms with Gasteiger partial charge in [-0.25, -0.2) is 0 Å². The van der Waals surface area contributed by atoms with Crippen LogP contribution in [0.3, 0.4) is 0 Å². The zero-order chi connectivity index (χ0) is 11.4. The van der Waals surface area contributed by atoms with Crippen molar-refractivity contribution in [1.29, 1.82) is 0 Å². The molecule has 0 unspecified atom stereocenters. The van der Waals surface area contributed by atoms with Gasteiger partial charge in [0.05, 0.1) is 0 Å². The maximum absolute atomic E-state index is 10.6. The third kappa shape index (κ3) is 3.82. The second-order valence-electron chi connectivity index (χ2n) is 5.21. The molecule has 1 fully saturated rings. The van der Waals surface area contributed by atoms with Crippen LogP contribution in [0.2, 0.25) is 0 Å². The number of nitrogens with two attached hydrogens (primary N) is 1. The van der Waals surface area contributed by atoms with Crippen molar-refractivity contribution >= 4 is 5.97 Å². The van der Waals surface area contributed by atoms with Gasteiger partial charge in [-0.1, -0.05) is 26.7 Å². The Hall–Kier alpha value is -0.570. The average molecular weight is 213 g/mol. The predicted octanol–water partition coefficient (Wildman–Crippen LogP) is 2.25. The zero-order valence-corrected chi connectivity index (χ0v) is 9.78. The van der Waals surface area contributed by atoms with Crippen LogP contribution in [0.15, 0.2) is 0 Å². The fourth-order valence-corrected chi connectivity index (χ4v) is 2.55. The van der Waals surface area contributed by atoms with Crippen molar-refractivity contribution in [3.63, 3.8) is 0 Å². The molecule has 0 heterocycles. The number of rotatable bonds is 4. The van der Waals surface area contributed by atoms with E-state index in [0.29, 0.717) is 12.3 Å².